The Morgan fingerprint density at radius 2 is 1.62 bits per heavy atom. The van der Waals surface area contributed by atoms with Crippen molar-refractivity contribution in [3.8, 4) is 0 Å². The van der Waals surface area contributed by atoms with Crippen molar-refractivity contribution in [2.24, 2.45) is 5.41 Å². The molecule has 1 aromatic rings. The van der Waals surface area contributed by atoms with Crippen LogP contribution in [0.2, 0.25) is 0 Å². The fraction of sp³-hybridized carbons (Fsp3) is 0.682. The number of carbonyl (C=O) groups excluding carboxylic acids is 1. The molecule has 1 atom stereocenters. The monoisotopic (exact) mass is 433 g/mol. The van der Waals surface area contributed by atoms with Crippen molar-refractivity contribution in [2.45, 2.75) is 73.1 Å². The molecule has 1 aromatic carbocycles. The summed E-state index contributed by atoms with van der Waals surface area (Å²) in [7, 11) is -0.138. The lowest BCUT2D eigenvalue weighted by molar-refractivity contribution is -0.154. The number of hydrogen-bond donors (Lipinski definition) is 1. The Hall–Kier alpha value is -1.44. The van der Waals surface area contributed by atoms with Crippen molar-refractivity contribution in [3.05, 3.63) is 29.8 Å². The first-order valence-electron chi connectivity index (χ1n) is 9.24. The topological polar surface area (TPSA) is 83.9 Å². The maximum atomic E-state index is 11.4. The summed E-state index contributed by atoms with van der Waals surface area (Å²) >= 11 is 0. The van der Waals surface area contributed by atoms with E-state index in [1.807, 2.05) is 39.8 Å². The smallest absolute Gasteiger partial charge is 0.311 e. The van der Waals surface area contributed by atoms with E-state index in [1.54, 1.807) is 12.1 Å². The van der Waals surface area contributed by atoms with Gasteiger partial charge in [-0.15, -0.1) is 0 Å². The molecule has 1 N–H and O–H groups in total. The quantitative estimate of drug-likeness (QED) is 0.445. The number of rotatable bonds is 8. The second kappa shape index (κ2) is 14.5. The summed E-state index contributed by atoms with van der Waals surface area (Å²) in [5, 5.41) is 0. The average Bonchev–Trinajstić information content (AvgIpc) is 2.60. The molecule has 0 bridgehead atoms. The first-order valence-corrected chi connectivity index (χ1v) is 10.7. The highest BCUT2D eigenvalue weighted by Crippen LogP contribution is 2.21. The fourth-order valence-electron chi connectivity index (χ4n) is 1.86. The van der Waals surface area contributed by atoms with Crippen molar-refractivity contribution in [1.82, 2.24) is 4.90 Å². The third-order valence-corrected chi connectivity index (χ3v) is 5.44. The van der Waals surface area contributed by atoms with Crippen LogP contribution < -0.4 is 0 Å². The summed E-state index contributed by atoms with van der Waals surface area (Å²) in [6.45, 7) is 11.2. The van der Waals surface area contributed by atoms with Crippen LogP contribution in [0.25, 0.3) is 0 Å². The number of carbonyl (C=O) groups is 1. The number of benzene rings is 1. The maximum Gasteiger partial charge on any atom is 0.311 e. The molecule has 0 aromatic heterocycles. The molecule has 0 aliphatic heterocycles. The van der Waals surface area contributed by atoms with Crippen LogP contribution in [0.5, 0.6) is 0 Å². The minimum absolute atomic E-state index is 0. The molecule has 0 aliphatic carbocycles. The number of hydrogen-bond acceptors (Lipinski definition) is 5. The van der Waals surface area contributed by atoms with Gasteiger partial charge in [0.1, 0.15) is 6.61 Å². The number of likely N-dealkylation sites (N-methyl/N-ethyl adjacent to an activating group) is 1. The molecule has 0 fully saturated rings. The largest absolute Gasteiger partial charge is 0.464 e. The van der Waals surface area contributed by atoms with Crippen LogP contribution in [-0.4, -0.2) is 51.1 Å². The van der Waals surface area contributed by atoms with Crippen LogP contribution in [0.15, 0.2) is 29.2 Å². The Morgan fingerprint density at radius 3 is 1.97 bits per heavy atom. The minimum Gasteiger partial charge on any atom is -0.464 e. The average molecular weight is 434 g/mol. The summed E-state index contributed by atoms with van der Waals surface area (Å²) < 4.78 is 35.4. The Bertz CT molecular complexity index is 667. The molecule has 0 radical (unpaired) electrons. The highest BCUT2D eigenvalue weighted by molar-refractivity contribution is 7.85. The van der Waals surface area contributed by atoms with E-state index in [1.165, 1.54) is 12.1 Å². The maximum absolute atomic E-state index is 11.4. The molecule has 6 nitrogen and oxygen atoms in total. The third-order valence-electron chi connectivity index (χ3n) is 4.57. The molecular weight excluding hydrogens is 390 g/mol. The van der Waals surface area contributed by atoms with Gasteiger partial charge >= 0.3 is 5.97 Å². The molecule has 0 saturated heterocycles. The predicted octanol–water partition coefficient (Wildman–Crippen LogP) is 5.25. The van der Waals surface area contributed by atoms with Gasteiger partial charge in [-0.05, 0) is 64.4 Å². The molecule has 0 saturated carbocycles. The highest BCUT2D eigenvalue weighted by Gasteiger charge is 2.26. The highest BCUT2D eigenvalue weighted by atomic mass is 32.2. The first kappa shape index (κ1) is 32.2. The molecule has 29 heavy (non-hydrogen) atoms. The van der Waals surface area contributed by atoms with Crippen LogP contribution in [0, 0.1) is 5.41 Å². The summed E-state index contributed by atoms with van der Waals surface area (Å²) in [5.74, 6) is 0.308. The lowest BCUT2D eigenvalue weighted by Crippen LogP contribution is -2.28. The Kier molecular flexibility index (Phi) is 16.1. The molecule has 0 amide bonds. The van der Waals surface area contributed by atoms with Gasteiger partial charge in [0.15, 0.2) is 0 Å². The standard InChI is InChI=1S/C10H21NO2.C10H14O3S.2CH4/c1-6-10(2,3)9(12)13-8-7-11(4)5;1-3-8(2)9-4-6-10(7-5-9)14(11,12)13;;/h6-8H2,1-5H3;4-8H,3H2,1-2H3,(H,11,12,13);2*1H4. The van der Waals surface area contributed by atoms with Gasteiger partial charge in [-0.1, -0.05) is 47.8 Å². The minimum atomic E-state index is -4.05. The first-order chi connectivity index (χ1) is 12.3. The number of esters is 1. The summed E-state index contributed by atoms with van der Waals surface area (Å²) in [4.78, 5) is 13.4. The molecule has 7 heteroatoms. The van der Waals surface area contributed by atoms with Gasteiger partial charge in [0, 0.05) is 6.54 Å². The Labute approximate surface area is 179 Å². The van der Waals surface area contributed by atoms with Crippen LogP contribution in [-0.2, 0) is 19.6 Å². The zero-order valence-corrected chi connectivity index (χ0v) is 18.5. The Balaban J connectivity index is -0.000000438. The van der Waals surface area contributed by atoms with Gasteiger partial charge < -0.3 is 9.64 Å². The van der Waals surface area contributed by atoms with E-state index in [0.717, 1.165) is 24.9 Å². The fourth-order valence-corrected chi connectivity index (χ4v) is 2.34. The lowest BCUT2D eigenvalue weighted by Gasteiger charge is -2.20. The summed E-state index contributed by atoms with van der Waals surface area (Å²) in [5.41, 5.74) is 0.742. The third kappa shape index (κ3) is 12.7. The second-order valence-electron chi connectivity index (χ2n) is 7.53. The van der Waals surface area contributed by atoms with E-state index >= 15 is 0 Å². The molecule has 1 unspecified atom stereocenters. The van der Waals surface area contributed by atoms with Crippen LogP contribution in [0.1, 0.15) is 73.8 Å². The van der Waals surface area contributed by atoms with E-state index in [0.29, 0.717) is 12.5 Å². The van der Waals surface area contributed by atoms with Gasteiger partial charge in [-0.25, -0.2) is 0 Å². The molecule has 0 heterocycles. The van der Waals surface area contributed by atoms with E-state index in [4.69, 9.17) is 9.29 Å². The van der Waals surface area contributed by atoms with Crippen molar-refractivity contribution in [3.63, 3.8) is 0 Å². The van der Waals surface area contributed by atoms with Gasteiger partial charge in [-0.2, -0.15) is 8.42 Å². The SMILES string of the molecule is C.C.CCC(C)(C)C(=O)OCCN(C)C.CCC(C)c1ccc(S(=O)(=O)O)cc1. The number of nitrogens with zero attached hydrogens (tertiary/aromatic N) is 1. The molecule has 0 spiro atoms. The van der Waals surface area contributed by atoms with Crippen molar-refractivity contribution in [1.29, 1.82) is 0 Å². The molecule has 1 rings (SSSR count). The number of ether oxygens (including phenoxy) is 1. The van der Waals surface area contributed by atoms with Crippen molar-refractivity contribution >= 4 is 16.1 Å². The van der Waals surface area contributed by atoms with Crippen LogP contribution in [0.3, 0.4) is 0 Å². The Morgan fingerprint density at radius 1 is 1.14 bits per heavy atom. The second-order valence-corrected chi connectivity index (χ2v) is 8.95. The van der Waals surface area contributed by atoms with Crippen LogP contribution in [0.4, 0.5) is 0 Å². The van der Waals surface area contributed by atoms with Gasteiger partial charge in [0.25, 0.3) is 10.1 Å². The van der Waals surface area contributed by atoms with Gasteiger partial charge in [-0.3, -0.25) is 9.35 Å². The lowest BCUT2D eigenvalue weighted by atomic mass is 9.91. The van der Waals surface area contributed by atoms with E-state index in [-0.39, 0.29) is 31.1 Å². The van der Waals surface area contributed by atoms with Gasteiger partial charge in [0.05, 0.1) is 10.3 Å². The normalized spacial score (nSPS) is 12.0. The van der Waals surface area contributed by atoms with Crippen molar-refractivity contribution in [2.75, 3.05) is 27.2 Å². The zero-order valence-electron chi connectivity index (χ0n) is 17.7. The van der Waals surface area contributed by atoms with Crippen molar-refractivity contribution < 1.29 is 22.5 Å². The van der Waals surface area contributed by atoms with Crippen LogP contribution >= 0.6 is 0 Å². The predicted molar refractivity (Wildman–Crippen MR) is 122 cm³/mol. The van der Waals surface area contributed by atoms with E-state index in [9.17, 15) is 13.2 Å². The van der Waals surface area contributed by atoms with E-state index < -0.39 is 10.1 Å². The van der Waals surface area contributed by atoms with E-state index in [2.05, 4.69) is 13.8 Å². The summed E-state index contributed by atoms with van der Waals surface area (Å²) in [6.07, 6.45) is 1.82. The van der Waals surface area contributed by atoms with Gasteiger partial charge in [0.2, 0.25) is 0 Å². The molecule has 0 aliphatic rings. The molecule has 172 valence electrons. The zero-order chi connectivity index (χ0) is 21.3. The summed E-state index contributed by atoms with van der Waals surface area (Å²) in [6, 6.07) is 6.32. The molecular formula is C22H43NO5S.